The van der Waals surface area contributed by atoms with Crippen molar-refractivity contribution in [3.8, 4) is 0 Å². The Hall–Kier alpha value is -2.27. The molecule has 0 bridgehead atoms. The fourth-order valence-corrected chi connectivity index (χ4v) is 3.33. The summed E-state index contributed by atoms with van der Waals surface area (Å²) >= 11 is 1.86. The molecule has 0 unspecified atom stereocenters. The van der Waals surface area contributed by atoms with E-state index in [1.54, 1.807) is 21.3 Å². The van der Waals surface area contributed by atoms with Gasteiger partial charge in [-0.2, -0.15) is 11.8 Å². The molecule has 1 fully saturated rings. The van der Waals surface area contributed by atoms with Crippen molar-refractivity contribution in [1.82, 2.24) is 9.13 Å². The van der Waals surface area contributed by atoms with Crippen LogP contribution >= 0.6 is 11.8 Å². The number of rotatable bonds is 5. The molecule has 0 spiro atoms. The summed E-state index contributed by atoms with van der Waals surface area (Å²) in [6.45, 7) is 0.796. The maximum atomic E-state index is 12.8. The Bertz CT molecular complexity index is 923. The van der Waals surface area contributed by atoms with Crippen LogP contribution in [0.1, 0.15) is 10.4 Å². The second kappa shape index (κ2) is 5.74. The van der Waals surface area contributed by atoms with Gasteiger partial charge in [0.05, 0.1) is 17.6 Å². The molecule has 1 aliphatic rings. The highest BCUT2D eigenvalue weighted by atomic mass is 32.2. The highest BCUT2D eigenvalue weighted by Crippen LogP contribution is 2.31. The lowest BCUT2D eigenvalue weighted by Crippen LogP contribution is -2.28. The van der Waals surface area contributed by atoms with Crippen molar-refractivity contribution in [3.63, 3.8) is 0 Å². The first-order valence-electron chi connectivity index (χ1n) is 7.62. The maximum Gasteiger partial charge on any atom is 0.329 e. The van der Waals surface area contributed by atoms with Crippen LogP contribution in [0.3, 0.4) is 0 Å². The molecule has 1 atom stereocenters. The molecular formula is C18H16N2O2S. The number of thioether (sulfide) groups is 1. The minimum absolute atomic E-state index is 0.0450. The second-order valence-electron chi connectivity index (χ2n) is 5.71. The van der Waals surface area contributed by atoms with Crippen LogP contribution in [0, 0.1) is 0 Å². The van der Waals surface area contributed by atoms with E-state index in [0.29, 0.717) is 10.8 Å². The van der Waals surface area contributed by atoms with E-state index in [0.717, 1.165) is 23.3 Å². The third-order valence-corrected chi connectivity index (χ3v) is 5.07. The van der Waals surface area contributed by atoms with Gasteiger partial charge in [-0.05, 0) is 12.1 Å². The Labute approximate surface area is 137 Å². The molecule has 5 heteroatoms. The average molecular weight is 324 g/mol. The SMILES string of the molecule is O=C(Cn1c(=O)n(C[C@H]2CS2)c2ccccc21)c1ccccc1. The number of Topliss-reactive ketones (excluding diaryl/α,β-unsaturated/α-hetero) is 1. The number of benzene rings is 2. The lowest BCUT2D eigenvalue weighted by molar-refractivity contribution is 0.0972. The summed E-state index contributed by atoms with van der Waals surface area (Å²) in [6.07, 6.45) is 0. The molecule has 4 nitrogen and oxygen atoms in total. The van der Waals surface area contributed by atoms with Gasteiger partial charge < -0.3 is 0 Å². The summed E-state index contributed by atoms with van der Waals surface area (Å²) in [4.78, 5) is 25.3. The van der Waals surface area contributed by atoms with Crippen molar-refractivity contribution in [2.45, 2.75) is 18.3 Å². The Balaban J connectivity index is 1.76. The average Bonchev–Trinajstić information content (AvgIpc) is 3.38. The molecule has 0 radical (unpaired) electrons. The van der Waals surface area contributed by atoms with Crippen molar-refractivity contribution >= 4 is 28.6 Å². The normalized spacial score (nSPS) is 16.6. The van der Waals surface area contributed by atoms with Gasteiger partial charge in [-0.25, -0.2) is 4.79 Å². The van der Waals surface area contributed by atoms with E-state index in [4.69, 9.17) is 0 Å². The zero-order chi connectivity index (χ0) is 15.8. The van der Waals surface area contributed by atoms with E-state index in [1.807, 2.05) is 54.2 Å². The van der Waals surface area contributed by atoms with Gasteiger partial charge in [-0.3, -0.25) is 13.9 Å². The molecule has 0 saturated carbocycles. The van der Waals surface area contributed by atoms with Gasteiger partial charge >= 0.3 is 5.69 Å². The number of imidazole rings is 1. The first-order chi connectivity index (χ1) is 11.2. The quantitative estimate of drug-likeness (QED) is 0.535. The minimum Gasteiger partial charge on any atom is -0.292 e. The number of para-hydroxylation sites is 2. The summed E-state index contributed by atoms with van der Waals surface area (Å²) in [7, 11) is 0. The third kappa shape index (κ3) is 2.72. The van der Waals surface area contributed by atoms with Crippen molar-refractivity contribution in [1.29, 1.82) is 0 Å². The van der Waals surface area contributed by atoms with E-state index < -0.39 is 0 Å². The Morgan fingerprint density at radius 2 is 1.61 bits per heavy atom. The monoisotopic (exact) mass is 324 g/mol. The van der Waals surface area contributed by atoms with Gasteiger partial charge in [-0.1, -0.05) is 42.5 Å². The van der Waals surface area contributed by atoms with Gasteiger partial charge in [0.2, 0.25) is 0 Å². The Morgan fingerprint density at radius 3 is 2.26 bits per heavy atom. The lowest BCUT2D eigenvalue weighted by Gasteiger charge is -2.03. The standard InChI is InChI=1S/C18H16N2O2S/c21-17(13-6-2-1-3-7-13)11-20-16-9-5-4-8-15(16)19(18(20)22)10-14-12-23-14/h1-9,14H,10-12H2/t14-/m0/s1. The molecule has 1 aromatic heterocycles. The van der Waals surface area contributed by atoms with Crippen molar-refractivity contribution in [2.24, 2.45) is 0 Å². The highest BCUT2D eigenvalue weighted by molar-refractivity contribution is 8.06. The smallest absolute Gasteiger partial charge is 0.292 e. The number of carbonyl (C=O) groups is 1. The van der Waals surface area contributed by atoms with Crippen LogP contribution in [0.25, 0.3) is 11.0 Å². The topological polar surface area (TPSA) is 44.0 Å². The van der Waals surface area contributed by atoms with E-state index in [-0.39, 0.29) is 18.0 Å². The van der Waals surface area contributed by atoms with Crippen LogP contribution in [0.5, 0.6) is 0 Å². The van der Waals surface area contributed by atoms with Crippen molar-refractivity contribution < 1.29 is 4.79 Å². The second-order valence-corrected chi connectivity index (χ2v) is 7.05. The van der Waals surface area contributed by atoms with Gasteiger partial charge in [0.1, 0.15) is 0 Å². The number of nitrogens with zero attached hydrogens (tertiary/aromatic N) is 2. The molecule has 0 aliphatic carbocycles. The summed E-state index contributed by atoms with van der Waals surface area (Å²) in [5, 5.41) is 0.525. The maximum absolute atomic E-state index is 12.8. The molecule has 1 saturated heterocycles. The third-order valence-electron chi connectivity index (χ3n) is 4.11. The molecule has 0 amide bonds. The van der Waals surface area contributed by atoms with E-state index >= 15 is 0 Å². The number of carbonyl (C=O) groups excluding carboxylic acids is 1. The molecule has 23 heavy (non-hydrogen) atoms. The zero-order valence-electron chi connectivity index (χ0n) is 12.5. The molecule has 116 valence electrons. The van der Waals surface area contributed by atoms with E-state index in [2.05, 4.69) is 0 Å². The molecule has 2 heterocycles. The van der Waals surface area contributed by atoms with Crippen LogP contribution in [-0.2, 0) is 13.1 Å². The van der Waals surface area contributed by atoms with Crippen LogP contribution in [0.2, 0.25) is 0 Å². The van der Waals surface area contributed by atoms with Crippen molar-refractivity contribution in [3.05, 3.63) is 70.6 Å². The number of fused-ring (bicyclic) bond motifs is 1. The molecule has 4 rings (SSSR count). The van der Waals surface area contributed by atoms with Gasteiger partial charge in [-0.15, -0.1) is 0 Å². The summed E-state index contributed by atoms with van der Waals surface area (Å²) in [6, 6.07) is 16.8. The minimum atomic E-state index is -0.0945. The first kappa shape index (κ1) is 14.3. The predicted octanol–water partition coefficient (Wildman–Crippen LogP) is 2.80. The lowest BCUT2D eigenvalue weighted by atomic mass is 10.1. The first-order valence-corrected chi connectivity index (χ1v) is 8.67. The number of aromatic nitrogens is 2. The van der Waals surface area contributed by atoms with E-state index in [9.17, 15) is 9.59 Å². The summed E-state index contributed by atoms with van der Waals surface area (Å²) in [5.41, 5.74) is 2.27. The summed E-state index contributed by atoms with van der Waals surface area (Å²) in [5.74, 6) is 1.06. The largest absolute Gasteiger partial charge is 0.329 e. The number of hydrogen-bond acceptors (Lipinski definition) is 3. The molecular weight excluding hydrogens is 308 g/mol. The predicted molar refractivity (Wildman–Crippen MR) is 93.2 cm³/mol. The number of ketones is 1. The van der Waals surface area contributed by atoms with Gasteiger partial charge in [0.25, 0.3) is 0 Å². The van der Waals surface area contributed by atoms with Crippen molar-refractivity contribution in [2.75, 3.05) is 5.75 Å². The molecule has 1 aliphatic heterocycles. The summed E-state index contributed by atoms with van der Waals surface area (Å²) < 4.78 is 3.40. The molecule has 3 aromatic rings. The molecule has 0 N–H and O–H groups in total. The highest BCUT2D eigenvalue weighted by Gasteiger charge is 2.25. The fraction of sp³-hybridized carbons (Fsp3) is 0.222. The van der Waals surface area contributed by atoms with Crippen LogP contribution in [0.15, 0.2) is 59.4 Å². The van der Waals surface area contributed by atoms with Crippen LogP contribution in [-0.4, -0.2) is 25.9 Å². The Morgan fingerprint density at radius 1 is 1.00 bits per heavy atom. The van der Waals surface area contributed by atoms with Crippen LogP contribution < -0.4 is 5.69 Å². The number of hydrogen-bond donors (Lipinski definition) is 0. The fourth-order valence-electron chi connectivity index (χ4n) is 2.84. The van der Waals surface area contributed by atoms with E-state index in [1.165, 1.54) is 0 Å². The zero-order valence-corrected chi connectivity index (χ0v) is 13.3. The van der Waals surface area contributed by atoms with Gasteiger partial charge in [0.15, 0.2) is 5.78 Å². The van der Waals surface area contributed by atoms with Gasteiger partial charge in [0, 0.05) is 23.1 Å². The molecule has 2 aromatic carbocycles. The Kier molecular flexibility index (Phi) is 3.58. The van der Waals surface area contributed by atoms with Crippen LogP contribution in [0.4, 0.5) is 0 Å².